The molecule has 0 atom stereocenters. The third-order valence-electron chi connectivity index (χ3n) is 10.2. The van der Waals surface area contributed by atoms with Gasteiger partial charge >= 0.3 is 0 Å². The van der Waals surface area contributed by atoms with Gasteiger partial charge in [0.05, 0.1) is 11.4 Å². The number of hydrogen-bond donors (Lipinski definition) is 0. The zero-order valence-corrected chi connectivity index (χ0v) is 23.4. The van der Waals surface area contributed by atoms with Crippen LogP contribution in [0.3, 0.4) is 0 Å². The van der Waals surface area contributed by atoms with Gasteiger partial charge in [0.2, 0.25) is 0 Å². The zero-order chi connectivity index (χ0) is 27.7. The molecule has 4 aromatic carbocycles. The fraction of sp³-hybridized carbons (Fsp3) is 0.150. The van der Waals surface area contributed by atoms with E-state index in [9.17, 15) is 0 Å². The van der Waals surface area contributed by atoms with Gasteiger partial charge in [0.15, 0.2) is 0 Å². The molecule has 1 spiro atoms. The number of pyridine rings is 2. The van der Waals surface area contributed by atoms with E-state index >= 15 is 0 Å². The Kier molecular flexibility index (Phi) is 5.02. The Balaban J connectivity index is 1.29. The first-order valence-corrected chi connectivity index (χ1v) is 15.1. The van der Waals surface area contributed by atoms with Crippen molar-refractivity contribution in [2.45, 2.75) is 36.5 Å². The fourth-order valence-electron chi connectivity index (χ4n) is 8.46. The van der Waals surface area contributed by atoms with Crippen LogP contribution >= 0.6 is 0 Å². The molecule has 42 heavy (non-hydrogen) atoms. The Morgan fingerprint density at radius 1 is 0.429 bits per heavy atom. The van der Waals surface area contributed by atoms with Crippen LogP contribution in [0.4, 0.5) is 0 Å². The average Bonchev–Trinajstić information content (AvgIpc) is 3.75. The van der Waals surface area contributed by atoms with Crippen LogP contribution in [0.25, 0.3) is 33.4 Å². The van der Waals surface area contributed by atoms with Crippen LogP contribution in [0, 0.1) is 0 Å². The van der Waals surface area contributed by atoms with Crippen LogP contribution in [0.1, 0.15) is 59.3 Å². The first-order valence-electron chi connectivity index (χ1n) is 15.1. The second-order valence-corrected chi connectivity index (χ2v) is 12.1. The normalized spacial score (nSPS) is 16.6. The molecule has 0 saturated heterocycles. The monoisotopic (exact) mass is 538 g/mol. The first kappa shape index (κ1) is 23.8. The molecule has 2 aromatic heterocycles. The molecule has 3 aliphatic carbocycles. The van der Waals surface area contributed by atoms with Gasteiger partial charge in [0.1, 0.15) is 5.41 Å². The number of nitrogens with zero attached hydrogens (tertiary/aromatic N) is 2. The molecule has 200 valence electrons. The van der Waals surface area contributed by atoms with Crippen molar-refractivity contribution in [1.82, 2.24) is 9.97 Å². The Morgan fingerprint density at radius 2 is 0.929 bits per heavy atom. The SMILES string of the molecule is c1ccc(C2(c3ccccn3)c3ccccc3-c3ccc(-c4ccc5c(c4)C4(CCCC4)c4ccccc4-5)cc32)nc1. The van der Waals surface area contributed by atoms with Gasteiger partial charge < -0.3 is 0 Å². The second-order valence-electron chi connectivity index (χ2n) is 12.1. The summed E-state index contributed by atoms with van der Waals surface area (Å²) < 4.78 is 0. The summed E-state index contributed by atoms with van der Waals surface area (Å²) in [4.78, 5) is 9.98. The van der Waals surface area contributed by atoms with Crippen LogP contribution in [-0.4, -0.2) is 9.97 Å². The van der Waals surface area contributed by atoms with Gasteiger partial charge in [0.25, 0.3) is 0 Å². The molecule has 2 nitrogen and oxygen atoms in total. The Labute approximate surface area is 246 Å². The van der Waals surface area contributed by atoms with Crippen molar-refractivity contribution < 1.29 is 0 Å². The van der Waals surface area contributed by atoms with Crippen LogP contribution in [0.2, 0.25) is 0 Å². The topological polar surface area (TPSA) is 25.8 Å². The van der Waals surface area contributed by atoms with Crippen LogP contribution < -0.4 is 0 Å². The van der Waals surface area contributed by atoms with E-state index in [1.54, 1.807) is 0 Å². The minimum absolute atomic E-state index is 0.153. The quantitative estimate of drug-likeness (QED) is 0.224. The van der Waals surface area contributed by atoms with Crippen molar-refractivity contribution >= 4 is 0 Å². The number of hydrogen-bond acceptors (Lipinski definition) is 2. The molecule has 1 fully saturated rings. The van der Waals surface area contributed by atoms with Crippen LogP contribution in [0.5, 0.6) is 0 Å². The fourth-order valence-corrected chi connectivity index (χ4v) is 8.46. The van der Waals surface area contributed by atoms with E-state index < -0.39 is 5.41 Å². The molecule has 0 bridgehead atoms. The highest BCUT2D eigenvalue weighted by Gasteiger charge is 2.49. The molecule has 2 heteroatoms. The molecule has 9 rings (SSSR count). The van der Waals surface area contributed by atoms with Gasteiger partial charge in [0, 0.05) is 17.8 Å². The van der Waals surface area contributed by atoms with Crippen molar-refractivity contribution in [3.8, 4) is 33.4 Å². The van der Waals surface area contributed by atoms with Crippen molar-refractivity contribution in [3.05, 3.63) is 167 Å². The van der Waals surface area contributed by atoms with Gasteiger partial charge in [-0.25, -0.2) is 0 Å². The predicted octanol–water partition coefficient (Wildman–Crippen LogP) is 9.35. The highest BCUT2D eigenvalue weighted by Crippen LogP contribution is 2.58. The van der Waals surface area contributed by atoms with Crippen molar-refractivity contribution in [1.29, 1.82) is 0 Å². The molecule has 3 aliphatic rings. The van der Waals surface area contributed by atoms with E-state index in [2.05, 4.69) is 109 Å². The summed E-state index contributed by atoms with van der Waals surface area (Å²) in [5.74, 6) is 0. The molecule has 0 amide bonds. The summed E-state index contributed by atoms with van der Waals surface area (Å²) in [5, 5.41) is 0. The molecule has 2 heterocycles. The Hall–Kier alpha value is -4.82. The van der Waals surface area contributed by atoms with E-state index in [1.165, 1.54) is 81.3 Å². The lowest BCUT2D eigenvalue weighted by Gasteiger charge is -2.31. The smallest absolute Gasteiger partial charge is 0.106 e. The van der Waals surface area contributed by atoms with Crippen molar-refractivity contribution in [2.75, 3.05) is 0 Å². The lowest BCUT2D eigenvalue weighted by molar-refractivity contribution is 0.550. The predicted molar refractivity (Wildman–Crippen MR) is 169 cm³/mol. The molecule has 0 unspecified atom stereocenters. The second kappa shape index (κ2) is 8.84. The molecular formula is C40H30N2. The molecule has 0 aliphatic heterocycles. The Bertz CT molecular complexity index is 1940. The minimum Gasteiger partial charge on any atom is -0.260 e. The number of benzene rings is 4. The average molecular weight is 539 g/mol. The standard InChI is InChI=1S/C40H30N2/c1-3-13-33-29(11-1)31-19-17-27(25-35(31)39(33)21-7-8-22-39)28-18-20-32-30-12-2-4-14-34(30)40(36(32)26-28,37-15-5-9-23-41-37)38-16-6-10-24-42-38/h1-6,9-20,23-26H,7-8,21-22H2. The summed E-state index contributed by atoms with van der Waals surface area (Å²) in [7, 11) is 0. The number of rotatable bonds is 3. The number of aromatic nitrogens is 2. The third kappa shape index (κ3) is 3.04. The van der Waals surface area contributed by atoms with E-state index in [1.807, 2.05) is 24.5 Å². The van der Waals surface area contributed by atoms with Gasteiger partial charge in [-0.2, -0.15) is 0 Å². The molecule has 0 N–H and O–H groups in total. The highest BCUT2D eigenvalue weighted by molar-refractivity contribution is 5.89. The van der Waals surface area contributed by atoms with E-state index in [-0.39, 0.29) is 5.41 Å². The van der Waals surface area contributed by atoms with Gasteiger partial charge in [-0.15, -0.1) is 0 Å². The van der Waals surface area contributed by atoms with E-state index in [4.69, 9.17) is 9.97 Å². The molecule has 6 aromatic rings. The van der Waals surface area contributed by atoms with Gasteiger partial charge in [-0.05, 0) is 105 Å². The zero-order valence-electron chi connectivity index (χ0n) is 23.4. The molecule has 0 radical (unpaired) electrons. The van der Waals surface area contributed by atoms with Crippen molar-refractivity contribution in [3.63, 3.8) is 0 Å². The maximum atomic E-state index is 4.99. The van der Waals surface area contributed by atoms with E-state index in [0.29, 0.717) is 0 Å². The van der Waals surface area contributed by atoms with Crippen LogP contribution in [-0.2, 0) is 10.8 Å². The number of fused-ring (bicyclic) bond motifs is 8. The van der Waals surface area contributed by atoms with Crippen LogP contribution in [0.15, 0.2) is 134 Å². The minimum atomic E-state index is -0.593. The summed E-state index contributed by atoms with van der Waals surface area (Å²) in [5.41, 5.74) is 15.0. The maximum Gasteiger partial charge on any atom is 0.106 e. The summed E-state index contributed by atoms with van der Waals surface area (Å²) in [6.07, 6.45) is 8.88. The highest BCUT2D eigenvalue weighted by atomic mass is 14.8. The molecular weight excluding hydrogens is 508 g/mol. The first-order chi connectivity index (χ1) is 20.8. The Morgan fingerprint density at radius 3 is 1.55 bits per heavy atom. The summed E-state index contributed by atoms with van der Waals surface area (Å²) >= 11 is 0. The lowest BCUT2D eigenvalue weighted by atomic mass is 9.71. The van der Waals surface area contributed by atoms with Crippen molar-refractivity contribution in [2.24, 2.45) is 0 Å². The largest absolute Gasteiger partial charge is 0.260 e. The maximum absolute atomic E-state index is 4.99. The molecule has 1 saturated carbocycles. The third-order valence-corrected chi connectivity index (χ3v) is 10.2. The summed E-state index contributed by atoms with van der Waals surface area (Å²) in [6.45, 7) is 0. The van der Waals surface area contributed by atoms with Gasteiger partial charge in [-0.1, -0.05) is 97.8 Å². The lowest BCUT2D eigenvalue weighted by Crippen LogP contribution is -2.30. The summed E-state index contributed by atoms with van der Waals surface area (Å²) in [6, 6.07) is 44.7. The van der Waals surface area contributed by atoms with E-state index in [0.717, 1.165) is 11.4 Å². The van der Waals surface area contributed by atoms with Gasteiger partial charge in [-0.3, -0.25) is 9.97 Å².